The van der Waals surface area contributed by atoms with Crippen LogP contribution in [0.25, 0.3) is 0 Å². The fourth-order valence-electron chi connectivity index (χ4n) is 3.97. The molecule has 3 N–H and O–H groups in total. The van der Waals surface area contributed by atoms with Crippen LogP contribution in [-0.2, 0) is 16.1 Å². The molecule has 2 atom stereocenters. The van der Waals surface area contributed by atoms with Crippen LogP contribution in [0, 0.1) is 10.8 Å². The number of aromatic nitrogens is 3. The number of carboxylic acid groups (broad SMARTS) is 1. The molecule has 10 heteroatoms. The molecule has 1 fully saturated rings. The van der Waals surface area contributed by atoms with Gasteiger partial charge in [0.2, 0.25) is 6.08 Å². The molecular formula is C16H24N6O4. The van der Waals surface area contributed by atoms with E-state index >= 15 is 0 Å². The van der Waals surface area contributed by atoms with E-state index in [4.69, 9.17) is 5.11 Å². The number of carbonyl (C=O) groups is 2. The standard InChI is InChI=1S/C16H24N6O4/c1-15(2)4-11(5-16(3,8-15)9-17-10-23)19-14(26)20-12-6-18-22(21-12)7-13(24)25/h6,11H,4-5,7-9H2,1-3H3,(H,24,25)(H2,19,20,21,26). The van der Waals surface area contributed by atoms with Crippen LogP contribution in [0.15, 0.2) is 11.2 Å². The Morgan fingerprint density at radius 2 is 2.15 bits per heavy atom. The first-order valence-corrected chi connectivity index (χ1v) is 8.34. The molecule has 26 heavy (non-hydrogen) atoms. The third kappa shape index (κ3) is 5.66. The van der Waals surface area contributed by atoms with Gasteiger partial charge in [0.25, 0.3) is 0 Å². The summed E-state index contributed by atoms with van der Waals surface area (Å²) < 4.78 is 0. The number of urea groups is 1. The van der Waals surface area contributed by atoms with Crippen LogP contribution >= 0.6 is 0 Å². The molecule has 1 aliphatic rings. The lowest BCUT2D eigenvalue weighted by Gasteiger charge is -2.46. The predicted octanol–water partition coefficient (Wildman–Crippen LogP) is 1.40. The average Bonchev–Trinajstić information content (AvgIpc) is 2.89. The minimum atomic E-state index is -1.07. The molecule has 2 rings (SSSR count). The molecule has 0 radical (unpaired) electrons. The number of carbonyl (C=O) groups excluding carboxylic acids is 2. The number of nitrogens with zero attached hydrogens (tertiary/aromatic N) is 4. The summed E-state index contributed by atoms with van der Waals surface area (Å²) >= 11 is 0. The number of amides is 2. The molecule has 1 heterocycles. The Morgan fingerprint density at radius 1 is 1.42 bits per heavy atom. The fraction of sp³-hybridized carbons (Fsp3) is 0.688. The maximum absolute atomic E-state index is 12.2. The molecule has 1 aromatic heterocycles. The van der Waals surface area contributed by atoms with Crippen molar-refractivity contribution in [3.05, 3.63) is 6.20 Å². The molecule has 10 nitrogen and oxygen atoms in total. The molecule has 1 aliphatic carbocycles. The van der Waals surface area contributed by atoms with Gasteiger partial charge in [-0.1, -0.05) is 20.8 Å². The number of nitrogens with one attached hydrogen (secondary N) is 2. The summed E-state index contributed by atoms with van der Waals surface area (Å²) in [7, 11) is 0. The Hall–Kier alpha value is -2.74. The molecule has 0 aliphatic heterocycles. The summed E-state index contributed by atoms with van der Waals surface area (Å²) in [6.45, 7) is 6.30. The van der Waals surface area contributed by atoms with Gasteiger partial charge in [0.1, 0.15) is 0 Å². The predicted molar refractivity (Wildman–Crippen MR) is 92.3 cm³/mol. The molecule has 0 spiro atoms. The van der Waals surface area contributed by atoms with Gasteiger partial charge in [0.05, 0.1) is 12.7 Å². The van der Waals surface area contributed by atoms with Gasteiger partial charge in [-0.15, -0.1) is 5.10 Å². The van der Waals surface area contributed by atoms with Gasteiger partial charge in [-0.2, -0.15) is 9.90 Å². The van der Waals surface area contributed by atoms with E-state index in [0.29, 0.717) is 13.0 Å². The number of rotatable bonds is 6. The third-order valence-electron chi connectivity index (χ3n) is 4.36. The van der Waals surface area contributed by atoms with Crippen molar-refractivity contribution in [2.75, 3.05) is 11.9 Å². The van der Waals surface area contributed by atoms with Crippen LogP contribution in [0.2, 0.25) is 0 Å². The zero-order valence-corrected chi connectivity index (χ0v) is 15.2. The normalized spacial score (nSPS) is 24.3. The Morgan fingerprint density at radius 3 is 2.81 bits per heavy atom. The summed E-state index contributed by atoms with van der Waals surface area (Å²) in [5.41, 5.74) is -0.199. The first-order valence-electron chi connectivity index (χ1n) is 8.34. The molecule has 2 amide bonds. The lowest BCUT2D eigenvalue weighted by molar-refractivity contribution is -0.138. The second-order valence-corrected chi connectivity index (χ2v) is 7.92. The number of isocyanates is 1. The van der Waals surface area contributed by atoms with Gasteiger partial charge < -0.3 is 10.4 Å². The SMILES string of the molecule is CC1(C)CC(NC(=O)Nc2cnn(CC(=O)O)n2)CC(C)(CN=C=O)C1. The van der Waals surface area contributed by atoms with Crippen molar-refractivity contribution < 1.29 is 19.5 Å². The van der Waals surface area contributed by atoms with E-state index in [-0.39, 0.29) is 29.2 Å². The summed E-state index contributed by atoms with van der Waals surface area (Å²) in [5.74, 6) is -0.898. The third-order valence-corrected chi connectivity index (χ3v) is 4.36. The van der Waals surface area contributed by atoms with Crippen molar-refractivity contribution >= 4 is 23.9 Å². The van der Waals surface area contributed by atoms with Gasteiger partial charge in [-0.3, -0.25) is 10.1 Å². The first-order chi connectivity index (χ1) is 12.1. The molecule has 142 valence electrons. The van der Waals surface area contributed by atoms with Crippen LogP contribution < -0.4 is 10.6 Å². The van der Waals surface area contributed by atoms with E-state index in [1.54, 1.807) is 6.08 Å². The van der Waals surface area contributed by atoms with Crippen LogP contribution in [0.5, 0.6) is 0 Å². The van der Waals surface area contributed by atoms with Crippen molar-refractivity contribution in [1.29, 1.82) is 0 Å². The maximum atomic E-state index is 12.2. The van der Waals surface area contributed by atoms with Crippen LogP contribution in [0.3, 0.4) is 0 Å². The van der Waals surface area contributed by atoms with Crippen molar-refractivity contribution in [3.63, 3.8) is 0 Å². The molecule has 1 saturated carbocycles. The highest BCUT2D eigenvalue weighted by molar-refractivity contribution is 5.88. The Labute approximate surface area is 151 Å². The van der Waals surface area contributed by atoms with E-state index in [1.807, 2.05) is 0 Å². The summed E-state index contributed by atoms with van der Waals surface area (Å²) in [6, 6.07) is -0.518. The van der Waals surface area contributed by atoms with Gasteiger partial charge >= 0.3 is 12.0 Å². The monoisotopic (exact) mass is 364 g/mol. The van der Waals surface area contributed by atoms with Crippen molar-refractivity contribution in [2.45, 2.75) is 52.6 Å². The number of hydrogen-bond acceptors (Lipinski definition) is 6. The highest BCUT2D eigenvalue weighted by Crippen LogP contribution is 2.46. The molecule has 0 bridgehead atoms. The Balaban J connectivity index is 1.97. The van der Waals surface area contributed by atoms with Crippen LogP contribution in [-0.4, -0.2) is 50.8 Å². The molecular weight excluding hydrogens is 340 g/mol. The maximum Gasteiger partial charge on any atom is 0.327 e. The van der Waals surface area contributed by atoms with Gasteiger partial charge in [-0.25, -0.2) is 14.6 Å². The van der Waals surface area contributed by atoms with E-state index in [1.165, 1.54) is 6.20 Å². The second kappa shape index (κ2) is 7.65. The highest BCUT2D eigenvalue weighted by Gasteiger charge is 2.41. The minimum absolute atomic E-state index is 0.00598. The Kier molecular flexibility index (Phi) is 5.76. The van der Waals surface area contributed by atoms with Crippen molar-refractivity contribution in [2.24, 2.45) is 15.8 Å². The summed E-state index contributed by atoms with van der Waals surface area (Å²) in [4.78, 5) is 38.1. The van der Waals surface area contributed by atoms with E-state index in [9.17, 15) is 14.4 Å². The van der Waals surface area contributed by atoms with Crippen molar-refractivity contribution in [1.82, 2.24) is 20.3 Å². The summed E-state index contributed by atoms with van der Waals surface area (Å²) in [6.07, 6.45) is 5.27. The lowest BCUT2D eigenvalue weighted by Crippen LogP contribution is -2.48. The fourth-order valence-corrected chi connectivity index (χ4v) is 3.97. The van der Waals surface area contributed by atoms with Crippen molar-refractivity contribution in [3.8, 4) is 0 Å². The van der Waals surface area contributed by atoms with E-state index < -0.39 is 12.0 Å². The number of carboxylic acids is 1. The van der Waals surface area contributed by atoms with Gasteiger partial charge in [-0.05, 0) is 30.1 Å². The Bertz CT molecular complexity index is 724. The van der Waals surface area contributed by atoms with Crippen LogP contribution in [0.4, 0.5) is 10.6 Å². The second-order valence-electron chi connectivity index (χ2n) is 7.92. The zero-order chi connectivity index (χ0) is 19.4. The number of hydrogen-bond donors (Lipinski definition) is 3. The molecule has 1 aromatic rings. The minimum Gasteiger partial charge on any atom is -0.480 e. The van der Waals surface area contributed by atoms with Gasteiger partial charge in [0, 0.05) is 6.04 Å². The zero-order valence-electron chi connectivity index (χ0n) is 15.2. The topological polar surface area (TPSA) is 139 Å². The number of aliphatic carboxylic acids is 1. The van der Waals surface area contributed by atoms with E-state index in [0.717, 1.165) is 17.6 Å². The highest BCUT2D eigenvalue weighted by atomic mass is 16.4. The van der Waals surface area contributed by atoms with E-state index in [2.05, 4.69) is 46.6 Å². The van der Waals surface area contributed by atoms with Gasteiger partial charge in [0.15, 0.2) is 12.4 Å². The molecule has 0 saturated heterocycles. The average molecular weight is 364 g/mol. The number of anilines is 1. The summed E-state index contributed by atoms with van der Waals surface area (Å²) in [5, 5.41) is 21.8. The first kappa shape index (κ1) is 19.6. The quantitative estimate of drug-likeness (QED) is 0.515. The van der Waals surface area contributed by atoms with Crippen LogP contribution in [0.1, 0.15) is 40.0 Å². The number of aliphatic imine (C=N–C) groups is 1. The smallest absolute Gasteiger partial charge is 0.327 e. The lowest BCUT2D eigenvalue weighted by atomic mass is 9.62. The molecule has 0 aromatic carbocycles. The molecule has 2 unspecified atom stereocenters. The largest absolute Gasteiger partial charge is 0.480 e.